The monoisotopic (exact) mass is 242 g/mol. The van der Waals surface area contributed by atoms with E-state index in [0.717, 1.165) is 18.7 Å². The van der Waals surface area contributed by atoms with Crippen LogP contribution in [0.25, 0.3) is 0 Å². The fraction of sp³-hybridized carbons (Fsp3) is 0.500. The van der Waals surface area contributed by atoms with Crippen LogP contribution in [0.15, 0.2) is 30.3 Å². The lowest BCUT2D eigenvalue weighted by molar-refractivity contribution is 0.115. The quantitative estimate of drug-likeness (QED) is 0.806. The number of nitrogens with zero attached hydrogens (tertiary/aromatic N) is 1. The van der Waals surface area contributed by atoms with Gasteiger partial charge >= 0.3 is 0 Å². The predicted octanol–water partition coefficient (Wildman–Crippen LogP) is 2.24. The van der Waals surface area contributed by atoms with Crippen molar-refractivity contribution in [1.82, 2.24) is 4.90 Å². The molecule has 0 aliphatic carbocycles. The maximum Gasteiger partial charge on any atom is 0.0610 e. The largest absolute Gasteiger partial charge is 0.329 e. The maximum atomic E-state index is 5.85. The summed E-state index contributed by atoms with van der Waals surface area (Å²) in [6.45, 7) is 3.86. The van der Waals surface area contributed by atoms with Crippen LogP contribution in [0.3, 0.4) is 0 Å². The average molecular weight is 242 g/mol. The summed E-state index contributed by atoms with van der Waals surface area (Å²) < 4.78 is 0. The number of nitrogens with two attached hydrogens (primary N) is 1. The van der Waals surface area contributed by atoms with Crippen LogP contribution >= 0.6 is 0 Å². The fourth-order valence-corrected chi connectivity index (χ4v) is 2.63. The Morgan fingerprint density at radius 2 is 2.06 bits per heavy atom. The fourth-order valence-electron chi connectivity index (χ4n) is 2.63. The smallest absolute Gasteiger partial charge is 0.0610 e. The van der Waals surface area contributed by atoms with Crippen molar-refractivity contribution < 1.29 is 0 Å². The van der Waals surface area contributed by atoms with Crippen molar-refractivity contribution in [3.8, 4) is 11.8 Å². The number of piperidine rings is 1. The summed E-state index contributed by atoms with van der Waals surface area (Å²) in [5.74, 6) is 6.51. The molecule has 18 heavy (non-hydrogen) atoms. The number of likely N-dealkylation sites (tertiary alicyclic amines) is 1. The third kappa shape index (κ3) is 3.35. The number of hydrogen-bond acceptors (Lipinski definition) is 2. The van der Waals surface area contributed by atoms with E-state index in [1.807, 2.05) is 30.3 Å². The van der Waals surface area contributed by atoms with E-state index >= 15 is 0 Å². The van der Waals surface area contributed by atoms with Crippen molar-refractivity contribution in [1.29, 1.82) is 0 Å². The predicted molar refractivity (Wildman–Crippen MR) is 76.2 cm³/mol. The van der Waals surface area contributed by atoms with Crippen LogP contribution in [0.4, 0.5) is 0 Å². The van der Waals surface area contributed by atoms with Gasteiger partial charge in [-0.3, -0.25) is 4.90 Å². The normalized spacial score (nSPS) is 24.3. The minimum Gasteiger partial charge on any atom is -0.329 e. The third-order valence-corrected chi connectivity index (χ3v) is 3.73. The first-order chi connectivity index (χ1) is 8.81. The van der Waals surface area contributed by atoms with Crippen molar-refractivity contribution in [3.63, 3.8) is 0 Å². The summed E-state index contributed by atoms with van der Waals surface area (Å²) in [4.78, 5) is 2.46. The van der Waals surface area contributed by atoms with Crippen molar-refractivity contribution in [2.24, 2.45) is 5.73 Å². The Hall–Kier alpha value is -1.30. The Bertz CT molecular complexity index is 416. The Labute approximate surface area is 110 Å². The Kier molecular flexibility index (Phi) is 4.81. The van der Waals surface area contributed by atoms with Crippen molar-refractivity contribution in [2.75, 3.05) is 13.1 Å². The van der Waals surface area contributed by atoms with Crippen molar-refractivity contribution in [2.45, 2.75) is 38.3 Å². The number of benzene rings is 1. The molecule has 1 aliphatic rings. The summed E-state index contributed by atoms with van der Waals surface area (Å²) in [6, 6.07) is 11.3. The van der Waals surface area contributed by atoms with E-state index in [4.69, 9.17) is 5.73 Å². The molecule has 1 fully saturated rings. The van der Waals surface area contributed by atoms with Gasteiger partial charge in [0.2, 0.25) is 0 Å². The van der Waals surface area contributed by atoms with Crippen LogP contribution in [0.2, 0.25) is 0 Å². The van der Waals surface area contributed by atoms with Gasteiger partial charge in [0.1, 0.15) is 0 Å². The highest BCUT2D eigenvalue weighted by atomic mass is 15.2. The molecule has 1 aliphatic heterocycles. The van der Waals surface area contributed by atoms with Gasteiger partial charge in [0.15, 0.2) is 0 Å². The van der Waals surface area contributed by atoms with E-state index in [2.05, 4.69) is 23.7 Å². The molecule has 0 aromatic heterocycles. The molecule has 2 N–H and O–H groups in total. The summed E-state index contributed by atoms with van der Waals surface area (Å²) >= 11 is 0. The first-order valence-corrected chi connectivity index (χ1v) is 6.81. The van der Waals surface area contributed by atoms with Gasteiger partial charge in [-0.25, -0.2) is 0 Å². The lowest BCUT2D eigenvalue weighted by Gasteiger charge is -2.38. The summed E-state index contributed by atoms with van der Waals surface area (Å²) in [7, 11) is 0. The minimum atomic E-state index is 0.513. The van der Waals surface area contributed by atoms with Crippen LogP contribution in [0.5, 0.6) is 0 Å². The highest BCUT2D eigenvalue weighted by Gasteiger charge is 2.25. The molecule has 0 spiro atoms. The van der Waals surface area contributed by atoms with Gasteiger partial charge < -0.3 is 5.73 Å². The van der Waals surface area contributed by atoms with Gasteiger partial charge in [0, 0.05) is 24.2 Å². The summed E-state index contributed by atoms with van der Waals surface area (Å²) in [5, 5.41) is 0. The van der Waals surface area contributed by atoms with Gasteiger partial charge in [-0.2, -0.15) is 0 Å². The molecule has 2 atom stereocenters. The average Bonchev–Trinajstić information content (AvgIpc) is 2.41. The lowest BCUT2D eigenvalue weighted by atomic mass is 9.96. The van der Waals surface area contributed by atoms with Crippen molar-refractivity contribution in [3.05, 3.63) is 35.9 Å². The SMILES string of the molecule is CC1CCCC(CN)N1CC#Cc1ccccc1. The lowest BCUT2D eigenvalue weighted by Crippen LogP contribution is -2.48. The minimum absolute atomic E-state index is 0.513. The van der Waals surface area contributed by atoms with E-state index in [1.54, 1.807) is 0 Å². The van der Waals surface area contributed by atoms with Gasteiger partial charge in [0.05, 0.1) is 6.54 Å². The van der Waals surface area contributed by atoms with Gasteiger partial charge in [-0.05, 0) is 31.9 Å². The third-order valence-electron chi connectivity index (χ3n) is 3.73. The zero-order chi connectivity index (χ0) is 12.8. The van der Waals surface area contributed by atoms with E-state index in [0.29, 0.717) is 12.1 Å². The van der Waals surface area contributed by atoms with Crippen molar-refractivity contribution >= 4 is 0 Å². The molecule has 1 aromatic rings. The zero-order valence-electron chi connectivity index (χ0n) is 11.1. The van der Waals surface area contributed by atoms with Crippen LogP contribution in [0.1, 0.15) is 31.7 Å². The Balaban J connectivity index is 1.98. The summed E-state index contributed by atoms with van der Waals surface area (Å²) in [6.07, 6.45) is 3.78. The molecule has 2 unspecified atom stereocenters. The topological polar surface area (TPSA) is 29.3 Å². The van der Waals surface area contributed by atoms with Crippen LogP contribution in [0, 0.1) is 11.8 Å². The molecule has 1 saturated heterocycles. The van der Waals surface area contributed by atoms with Crippen LogP contribution in [-0.2, 0) is 0 Å². The highest BCUT2D eigenvalue weighted by Crippen LogP contribution is 2.21. The molecule has 1 aromatic carbocycles. The molecule has 2 heteroatoms. The first-order valence-electron chi connectivity index (χ1n) is 6.81. The van der Waals surface area contributed by atoms with Gasteiger partial charge in [-0.15, -0.1) is 0 Å². The molecule has 0 bridgehead atoms. The molecule has 0 amide bonds. The standard InChI is InChI=1S/C16H22N2/c1-14-7-5-11-16(13-17)18(14)12-6-10-15-8-3-2-4-9-15/h2-4,8-9,14,16H,5,7,11-13,17H2,1H3. The molecule has 0 radical (unpaired) electrons. The molecule has 1 heterocycles. The first kappa shape index (κ1) is 13.1. The van der Waals surface area contributed by atoms with E-state index in [-0.39, 0.29) is 0 Å². The molecular formula is C16H22N2. The highest BCUT2D eigenvalue weighted by molar-refractivity contribution is 5.33. The number of hydrogen-bond donors (Lipinski definition) is 1. The molecular weight excluding hydrogens is 220 g/mol. The van der Waals surface area contributed by atoms with Crippen LogP contribution < -0.4 is 5.73 Å². The maximum absolute atomic E-state index is 5.85. The Morgan fingerprint density at radius 1 is 1.28 bits per heavy atom. The van der Waals surface area contributed by atoms with Crippen LogP contribution in [-0.4, -0.2) is 30.1 Å². The summed E-state index contributed by atoms with van der Waals surface area (Å²) in [5.41, 5.74) is 6.94. The second-order valence-electron chi connectivity index (χ2n) is 5.01. The molecule has 0 saturated carbocycles. The number of rotatable bonds is 2. The second kappa shape index (κ2) is 6.58. The molecule has 96 valence electrons. The van der Waals surface area contributed by atoms with E-state index < -0.39 is 0 Å². The Morgan fingerprint density at radius 3 is 2.78 bits per heavy atom. The second-order valence-corrected chi connectivity index (χ2v) is 5.01. The van der Waals surface area contributed by atoms with E-state index in [9.17, 15) is 0 Å². The molecule has 2 nitrogen and oxygen atoms in total. The van der Waals surface area contributed by atoms with E-state index in [1.165, 1.54) is 19.3 Å². The molecule has 2 rings (SSSR count). The zero-order valence-corrected chi connectivity index (χ0v) is 11.1. The van der Waals surface area contributed by atoms with Gasteiger partial charge in [-0.1, -0.05) is 36.5 Å². The van der Waals surface area contributed by atoms with Gasteiger partial charge in [0.25, 0.3) is 0 Å².